The Hall–Kier alpha value is -1.10. The van der Waals surface area contributed by atoms with E-state index in [2.05, 4.69) is 21.2 Å². The smallest absolute Gasteiger partial charge is 0.138 e. The molecule has 0 aliphatic carbocycles. The van der Waals surface area contributed by atoms with Gasteiger partial charge < -0.3 is 10.1 Å². The fraction of sp³-hybridized carbons (Fsp3) is 0.250. The van der Waals surface area contributed by atoms with E-state index in [1.807, 2.05) is 25.1 Å². The van der Waals surface area contributed by atoms with Gasteiger partial charge in [-0.1, -0.05) is 30.7 Å². The van der Waals surface area contributed by atoms with Gasteiger partial charge in [0.05, 0.1) is 4.47 Å². The molecule has 0 spiro atoms. The van der Waals surface area contributed by atoms with Crippen molar-refractivity contribution in [3.8, 4) is 5.75 Å². The number of hydrogen-bond acceptors (Lipinski definition) is 2. The predicted octanol–water partition coefficient (Wildman–Crippen LogP) is 4.93. The summed E-state index contributed by atoms with van der Waals surface area (Å²) in [4.78, 5) is 0. The Balaban J connectivity index is 2.17. The van der Waals surface area contributed by atoms with Crippen molar-refractivity contribution in [3.05, 3.63) is 62.8 Å². The minimum absolute atomic E-state index is 0.133. The molecular weight excluding hydrogens is 357 g/mol. The molecule has 0 heterocycles. The zero-order chi connectivity index (χ0) is 15.2. The first-order chi connectivity index (χ1) is 10.1. The first-order valence-corrected chi connectivity index (χ1v) is 7.83. The summed E-state index contributed by atoms with van der Waals surface area (Å²) >= 11 is 9.36. The van der Waals surface area contributed by atoms with Crippen molar-refractivity contribution in [3.63, 3.8) is 0 Å². The predicted molar refractivity (Wildman–Crippen MR) is 87.3 cm³/mol. The highest BCUT2D eigenvalue weighted by molar-refractivity contribution is 9.10. The highest BCUT2D eigenvalue weighted by Crippen LogP contribution is 2.30. The number of halogens is 3. The second-order valence-electron chi connectivity index (χ2n) is 4.53. The van der Waals surface area contributed by atoms with Crippen molar-refractivity contribution in [1.82, 2.24) is 5.32 Å². The van der Waals surface area contributed by atoms with Gasteiger partial charge in [0.2, 0.25) is 0 Å². The summed E-state index contributed by atoms with van der Waals surface area (Å²) in [5.41, 5.74) is 1.46. The Morgan fingerprint density at radius 3 is 2.81 bits per heavy atom. The van der Waals surface area contributed by atoms with Crippen LogP contribution < -0.4 is 10.1 Å². The van der Waals surface area contributed by atoms with Crippen LogP contribution in [0.4, 0.5) is 4.39 Å². The molecule has 21 heavy (non-hydrogen) atoms. The number of rotatable bonds is 6. The molecule has 0 atom stereocenters. The maximum atomic E-state index is 13.7. The SMILES string of the molecule is CCNCc1cccc(Br)c1OCc1cc(Cl)ccc1F. The van der Waals surface area contributed by atoms with Crippen LogP contribution in [0.25, 0.3) is 0 Å². The Bertz CT molecular complexity index is 621. The maximum Gasteiger partial charge on any atom is 0.138 e. The van der Waals surface area contributed by atoms with Crippen LogP contribution in [0, 0.1) is 5.82 Å². The third-order valence-electron chi connectivity index (χ3n) is 2.99. The molecule has 5 heteroatoms. The molecule has 1 N–H and O–H groups in total. The van der Waals surface area contributed by atoms with E-state index in [-0.39, 0.29) is 12.4 Å². The van der Waals surface area contributed by atoms with Crippen molar-refractivity contribution >= 4 is 27.5 Å². The van der Waals surface area contributed by atoms with Crippen LogP contribution in [0.3, 0.4) is 0 Å². The molecule has 0 amide bonds. The zero-order valence-electron chi connectivity index (χ0n) is 11.6. The number of nitrogens with one attached hydrogen (secondary N) is 1. The highest BCUT2D eigenvalue weighted by atomic mass is 79.9. The summed E-state index contributed by atoms with van der Waals surface area (Å²) in [5, 5.41) is 3.75. The molecule has 0 bridgehead atoms. The monoisotopic (exact) mass is 371 g/mol. The minimum atomic E-state index is -0.320. The van der Waals surface area contributed by atoms with Crippen molar-refractivity contribution < 1.29 is 9.13 Å². The molecular formula is C16H16BrClFNO. The van der Waals surface area contributed by atoms with E-state index in [4.69, 9.17) is 16.3 Å². The molecule has 2 nitrogen and oxygen atoms in total. The van der Waals surface area contributed by atoms with Crippen LogP contribution in [0.5, 0.6) is 5.75 Å². The molecule has 0 fully saturated rings. The molecule has 0 radical (unpaired) electrons. The molecule has 0 saturated heterocycles. The molecule has 0 saturated carbocycles. The van der Waals surface area contributed by atoms with Gasteiger partial charge in [-0.3, -0.25) is 0 Å². The lowest BCUT2D eigenvalue weighted by Crippen LogP contribution is -2.13. The molecule has 112 valence electrons. The molecule has 2 aromatic rings. The Labute approximate surface area is 137 Å². The average Bonchev–Trinajstić information content (AvgIpc) is 2.47. The topological polar surface area (TPSA) is 21.3 Å². The van der Waals surface area contributed by atoms with E-state index >= 15 is 0 Å². The highest BCUT2D eigenvalue weighted by Gasteiger charge is 2.10. The standard InChI is InChI=1S/C16H16BrClFNO/c1-2-20-9-11-4-3-5-14(17)16(11)21-10-12-8-13(18)6-7-15(12)19/h3-8,20H,2,9-10H2,1H3. The van der Waals surface area contributed by atoms with Gasteiger partial charge in [0.25, 0.3) is 0 Å². The summed E-state index contributed by atoms with van der Waals surface area (Å²) in [7, 11) is 0. The van der Waals surface area contributed by atoms with Gasteiger partial charge in [-0.05, 0) is 46.7 Å². The summed E-state index contributed by atoms with van der Waals surface area (Å²) in [6, 6.07) is 10.3. The Morgan fingerprint density at radius 1 is 1.24 bits per heavy atom. The molecule has 0 aromatic heterocycles. The lowest BCUT2D eigenvalue weighted by atomic mass is 10.2. The van der Waals surface area contributed by atoms with E-state index in [1.54, 1.807) is 6.07 Å². The van der Waals surface area contributed by atoms with Crippen LogP contribution in [-0.4, -0.2) is 6.54 Å². The van der Waals surface area contributed by atoms with Crippen molar-refractivity contribution in [1.29, 1.82) is 0 Å². The quantitative estimate of drug-likeness (QED) is 0.776. The van der Waals surface area contributed by atoms with Gasteiger partial charge in [0.1, 0.15) is 18.2 Å². The maximum absolute atomic E-state index is 13.7. The second kappa shape index (κ2) is 7.78. The minimum Gasteiger partial charge on any atom is -0.487 e. The van der Waals surface area contributed by atoms with Crippen LogP contribution >= 0.6 is 27.5 Å². The van der Waals surface area contributed by atoms with E-state index in [1.165, 1.54) is 12.1 Å². The average molecular weight is 373 g/mol. The van der Waals surface area contributed by atoms with E-state index in [0.29, 0.717) is 17.1 Å². The number of para-hydroxylation sites is 1. The van der Waals surface area contributed by atoms with Gasteiger partial charge in [0, 0.05) is 22.7 Å². The van der Waals surface area contributed by atoms with Crippen LogP contribution in [0.15, 0.2) is 40.9 Å². The van der Waals surface area contributed by atoms with E-state index in [9.17, 15) is 4.39 Å². The Morgan fingerprint density at radius 2 is 2.05 bits per heavy atom. The number of benzene rings is 2. The fourth-order valence-electron chi connectivity index (χ4n) is 1.92. The molecule has 2 aromatic carbocycles. The Kier molecular flexibility index (Phi) is 6.03. The summed E-state index contributed by atoms with van der Waals surface area (Å²) < 4.78 is 20.4. The summed E-state index contributed by atoms with van der Waals surface area (Å²) in [6.45, 7) is 3.74. The van der Waals surface area contributed by atoms with Crippen molar-refractivity contribution in [2.45, 2.75) is 20.1 Å². The van der Waals surface area contributed by atoms with E-state index < -0.39 is 0 Å². The number of hydrogen-bond donors (Lipinski definition) is 1. The van der Waals surface area contributed by atoms with Crippen molar-refractivity contribution in [2.24, 2.45) is 0 Å². The normalized spacial score (nSPS) is 10.7. The molecule has 0 aliphatic rings. The molecule has 0 unspecified atom stereocenters. The van der Waals surface area contributed by atoms with Crippen LogP contribution in [0.2, 0.25) is 5.02 Å². The third-order valence-corrected chi connectivity index (χ3v) is 3.85. The molecule has 0 aliphatic heterocycles. The van der Waals surface area contributed by atoms with Crippen LogP contribution in [-0.2, 0) is 13.2 Å². The lowest BCUT2D eigenvalue weighted by molar-refractivity contribution is 0.294. The van der Waals surface area contributed by atoms with Gasteiger partial charge in [0.15, 0.2) is 0 Å². The summed E-state index contributed by atoms with van der Waals surface area (Å²) in [5.74, 6) is 0.400. The van der Waals surface area contributed by atoms with Gasteiger partial charge in [-0.15, -0.1) is 0 Å². The van der Waals surface area contributed by atoms with Gasteiger partial charge in [-0.25, -0.2) is 4.39 Å². The third kappa shape index (κ3) is 4.43. The number of ether oxygens (including phenoxy) is 1. The van der Waals surface area contributed by atoms with Crippen molar-refractivity contribution in [2.75, 3.05) is 6.54 Å². The largest absolute Gasteiger partial charge is 0.487 e. The van der Waals surface area contributed by atoms with Gasteiger partial charge >= 0.3 is 0 Å². The summed E-state index contributed by atoms with van der Waals surface area (Å²) in [6.07, 6.45) is 0. The lowest BCUT2D eigenvalue weighted by Gasteiger charge is -2.14. The van der Waals surface area contributed by atoms with Crippen LogP contribution in [0.1, 0.15) is 18.1 Å². The fourth-order valence-corrected chi connectivity index (χ4v) is 2.63. The molecule has 2 rings (SSSR count). The first kappa shape index (κ1) is 16.3. The first-order valence-electron chi connectivity index (χ1n) is 6.66. The van der Waals surface area contributed by atoms with Gasteiger partial charge in [-0.2, -0.15) is 0 Å². The van der Waals surface area contributed by atoms with E-state index in [0.717, 1.165) is 22.3 Å². The zero-order valence-corrected chi connectivity index (χ0v) is 14.0. The second-order valence-corrected chi connectivity index (χ2v) is 5.82.